The number of hydrogen-bond donors (Lipinski definition) is 1. The molecule has 2 rings (SSSR count). The third-order valence-electron chi connectivity index (χ3n) is 2.40. The van der Waals surface area contributed by atoms with Gasteiger partial charge in [0.05, 0.1) is 16.8 Å². The predicted octanol–water partition coefficient (Wildman–Crippen LogP) is 2.11. The van der Waals surface area contributed by atoms with Crippen LogP contribution in [0.15, 0.2) is 21.2 Å². The maximum Gasteiger partial charge on any atom is 0.146 e. The van der Waals surface area contributed by atoms with Gasteiger partial charge in [0.1, 0.15) is 11.9 Å². The van der Waals surface area contributed by atoms with Crippen molar-refractivity contribution in [2.45, 2.75) is 18.6 Å². The molecule has 72 valence electrons. The molecule has 4 heteroatoms. The zero-order valence-electron chi connectivity index (χ0n) is 7.24. The molecule has 1 fully saturated rings. The lowest BCUT2D eigenvalue weighted by Crippen LogP contribution is -2.03. The van der Waals surface area contributed by atoms with Gasteiger partial charge in [-0.1, -0.05) is 0 Å². The lowest BCUT2D eigenvalue weighted by atomic mass is 10.2. The van der Waals surface area contributed by atoms with Crippen LogP contribution in [0.1, 0.15) is 18.3 Å². The van der Waals surface area contributed by atoms with Crippen molar-refractivity contribution < 1.29 is 14.3 Å². The monoisotopic (exact) mass is 246 g/mol. The van der Waals surface area contributed by atoms with E-state index in [4.69, 9.17) is 9.15 Å². The van der Waals surface area contributed by atoms with E-state index in [9.17, 15) is 5.11 Å². The first-order valence-electron chi connectivity index (χ1n) is 4.17. The van der Waals surface area contributed by atoms with Gasteiger partial charge in [-0.3, -0.25) is 0 Å². The molecule has 0 aromatic carbocycles. The Morgan fingerprint density at radius 3 is 3.00 bits per heavy atom. The van der Waals surface area contributed by atoms with Crippen LogP contribution in [0.4, 0.5) is 0 Å². The van der Waals surface area contributed by atoms with Crippen LogP contribution in [0.3, 0.4) is 0 Å². The first kappa shape index (κ1) is 9.24. The first-order valence-corrected chi connectivity index (χ1v) is 4.97. The number of aliphatic hydroxyl groups is 1. The number of furan rings is 1. The van der Waals surface area contributed by atoms with E-state index in [-0.39, 0.29) is 12.0 Å². The van der Waals surface area contributed by atoms with Gasteiger partial charge in [-0.25, -0.2) is 0 Å². The molecule has 1 aromatic rings. The van der Waals surface area contributed by atoms with Crippen molar-refractivity contribution in [2.75, 3.05) is 7.11 Å². The fourth-order valence-electron chi connectivity index (χ4n) is 1.50. The summed E-state index contributed by atoms with van der Waals surface area (Å²) in [6.45, 7) is 0. The highest BCUT2D eigenvalue weighted by Gasteiger charge is 2.45. The van der Waals surface area contributed by atoms with Crippen molar-refractivity contribution in [3.63, 3.8) is 0 Å². The Morgan fingerprint density at radius 2 is 2.54 bits per heavy atom. The quantitative estimate of drug-likeness (QED) is 0.889. The van der Waals surface area contributed by atoms with Crippen molar-refractivity contribution in [1.82, 2.24) is 0 Å². The van der Waals surface area contributed by atoms with E-state index in [1.54, 1.807) is 19.4 Å². The molecule has 1 aliphatic carbocycles. The summed E-state index contributed by atoms with van der Waals surface area (Å²) >= 11 is 3.31. The minimum absolute atomic E-state index is 0.187. The second-order valence-electron chi connectivity index (χ2n) is 3.25. The van der Waals surface area contributed by atoms with E-state index in [0.29, 0.717) is 5.76 Å². The highest BCUT2D eigenvalue weighted by molar-refractivity contribution is 9.10. The standard InChI is InChI=1S/C9H11BrO3/c1-12-7-4-5(7)8(11)9-6(10)2-3-13-9/h2-3,5,7-8,11H,4H2,1H3. The fraction of sp³-hybridized carbons (Fsp3) is 0.556. The summed E-state index contributed by atoms with van der Waals surface area (Å²) < 4.78 is 11.1. The van der Waals surface area contributed by atoms with Crippen molar-refractivity contribution in [1.29, 1.82) is 0 Å². The zero-order valence-corrected chi connectivity index (χ0v) is 8.82. The van der Waals surface area contributed by atoms with Gasteiger partial charge in [0.25, 0.3) is 0 Å². The molecule has 0 amide bonds. The Kier molecular flexibility index (Phi) is 2.45. The Hall–Kier alpha value is -0.320. The summed E-state index contributed by atoms with van der Waals surface area (Å²) in [5.41, 5.74) is 0. The second kappa shape index (κ2) is 3.44. The average molecular weight is 247 g/mol. The van der Waals surface area contributed by atoms with Crippen LogP contribution in [-0.2, 0) is 4.74 Å². The Labute approximate surface area is 84.8 Å². The third-order valence-corrected chi connectivity index (χ3v) is 3.06. The summed E-state index contributed by atoms with van der Waals surface area (Å²) in [6, 6.07) is 1.78. The molecule has 0 radical (unpaired) electrons. The van der Waals surface area contributed by atoms with E-state index in [1.165, 1.54) is 0 Å². The van der Waals surface area contributed by atoms with Crippen molar-refractivity contribution in [2.24, 2.45) is 5.92 Å². The van der Waals surface area contributed by atoms with Crippen LogP contribution in [0.2, 0.25) is 0 Å². The second-order valence-corrected chi connectivity index (χ2v) is 4.11. The molecular formula is C9H11BrO3. The molecule has 0 bridgehead atoms. The Balaban J connectivity index is 2.06. The normalized spacial score (nSPS) is 28.8. The maximum absolute atomic E-state index is 9.83. The van der Waals surface area contributed by atoms with E-state index in [2.05, 4.69) is 15.9 Å². The van der Waals surface area contributed by atoms with Crippen LogP contribution in [0.25, 0.3) is 0 Å². The lowest BCUT2D eigenvalue weighted by molar-refractivity contribution is 0.0859. The largest absolute Gasteiger partial charge is 0.465 e. The van der Waals surface area contributed by atoms with Gasteiger partial charge < -0.3 is 14.3 Å². The molecule has 3 unspecified atom stereocenters. The summed E-state index contributed by atoms with van der Waals surface area (Å²) in [5, 5.41) is 9.83. The zero-order chi connectivity index (χ0) is 9.42. The number of halogens is 1. The minimum atomic E-state index is -0.547. The molecule has 1 heterocycles. The third kappa shape index (κ3) is 1.66. The van der Waals surface area contributed by atoms with Gasteiger partial charge in [-0.05, 0) is 28.4 Å². The Bertz CT molecular complexity index is 297. The highest BCUT2D eigenvalue weighted by atomic mass is 79.9. The minimum Gasteiger partial charge on any atom is -0.465 e. The van der Waals surface area contributed by atoms with Crippen LogP contribution in [-0.4, -0.2) is 18.3 Å². The van der Waals surface area contributed by atoms with Gasteiger partial charge in [0.2, 0.25) is 0 Å². The molecule has 13 heavy (non-hydrogen) atoms. The van der Waals surface area contributed by atoms with Crippen molar-refractivity contribution in [3.8, 4) is 0 Å². The summed E-state index contributed by atoms with van der Waals surface area (Å²) in [7, 11) is 1.66. The number of ether oxygens (including phenoxy) is 1. The number of methoxy groups -OCH3 is 1. The average Bonchev–Trinajstić information content (AvgIpc) is 2.80. The molecule has 1 aliphatic rings. The maximum atomic E-state index is 9.83. The molecule has 1 saturated carbocycles. The van der Waals surface area contributed by atoms with E-state index < -0.39 is 6.10 Å². The predicted molar refractivity (Wildman–Crippen MR) is 50.3 cm³/mol. The van der Waals surface area contributed by atoms with E-state index in [0.717, 1.165) is 10.9 Å². The molecule has 0 saturated heterocycles. The lowest BCUT2D eigenvalue weighted by Gasteiger charge is -2.06. The topological polar surface area (TPSA) is 42.6 Å². The van der Waals surface area contributed by atoms with Crippen molar-refractivity contribution in [3.05, 3.63) is 22.6 Å². The summed E-state index contributed by atoms with van der Waals surface area (Å²) in [5.74, 6) is 0.789. The first-order chi connectivity index (χ1) is 6.24. The van der Waals surface area contributed by atoms with Crippen LogP contribution in [0, 0.1) is 5.92 Å². The Morgan fingerprint density at radius 1 is 1.77 bits per heavy atom. The molecule has 1 aromatic heterocycles. The summed E-state index contributed by atoms with van der Waals surface area (Å²) in [6.07, 6.45) is 2.11. The van der Waals surface area contributed by atoms with Crippen molar-refractivity contribution >= 4 is 15.9 Å². The number of hydrogen-bond acceptors (Lipinski definition) is 3. The van der Waals surface area contributed by atoms with Crippen LogP contribution in [0.5, 0.6) is 0 Å². The molecule has 3 nitrogen and oxygen atoms in total. The van der Waals surface area contributed by atoms with E-state index in [1.807, 2.05) is 0 Å². The van der Waals surface area contributed by atoms with Gasteiger partial charge in [0.15, 0.2) is 0 Å². The summed E-state index contributed by atoms with van der Waals surface area (Å²) in [4.78, 5) is 0. The molecule has 3 atom stereocenters. The van der Waals surface area contributed by atoms with Gasteiger partial charge in [0, 0.05) is 13.0 Å². The van der Waals surface area contributed by atoms with Crippen LogP contribution < -0.4 is 0 Å². The van der Waals surface area contributed by atoms with Gasteiger partial charge in [-0.2, -0.15) is 0 Å². The molecular weight excluding hydrogens is 236 g/mol. The number of aliphatic hydroxyl groups excluding tert-OH is 1. The fourth-order valence-corrected chi connectivity index (χ4v) is 1.94. The molecule has 1 N–H and O–H groups in total. The highest BCUT2D eigenvalue weighted by Crippen LogP contribution is 2.45. The SMILES string of the molecule is COC1CC1C(O)c1occc1Br. The number of rotatable bonds is 3. The van der Waals surface area contributed by atoms with E-state index >= 15 is 0 Å². The van der Waals surface area contributed by atoms with Gasteiger partial charge in [-0.15, -0.1) is 0 Å². The smallest absolute Gasteiger partial charge is 0.146 e. The van der Waals surface area contributed by atoms with Gasteiger partial charge >= 0.3 is 0 Å². The molecule has 0 aliphatic heterocycles. The van der Waals surface area contributed by atoms with Crippen LogP contribution >= 0.6 is 15.9 Å². The molecule has 0 spiro atoms.